The molecule has 0 bridgehead atoms. The summed E-state index contributed by atoms with van der Waals surface area (Å²) in [7, 11) is -1.44. The van der Waals surface area contributed by atoms with Gasteiger partial charge in [-0.2, -0.15) is 22.2 Å². The third-order valence-corrected chi connectivity index (χ3v) is 6.61. The minimum atomic E-state index is -1.44. The van der Waals surface area contributed by atoms with Gasteiger partial charge in [-0.05, 0) is 61.6 Å². The van der Waals surface area contributed by atoms with Crippen molar-refractivity contribution >= 4 is 29.6 Å². The maximum Gasteiger partial charge on any atom is 0.237 e. The standard InChI is InChI=1S/C17H26Cl2OSi/c1-2-14-4-6-15(7-5-14)16-8-10-17(11-9-16)20-12-3-13-21(18)19/h4-7,16-17,21H,2-3,8-13H2,1H3/t16-,17-. The average Bonchev–Trinajstić information content (AvgIpc) is 2.52. The molecule has 1 aromatic rings. The minimum Gasteiger partial charge on any atom is -0.378 e. The van der Waals surface area contributed by atoms with Crippen molar-refractivity contribution in [3.63, 3.8) is 0 Å². The predicted octanol–water partition coefficient (Wildman–Crippen LogP) is 5.38. The van der Waals surface area contributed by atoms with Crippen LogP contribution in [0, 0.1) is 0 Å². The lowest BCUT2D eigenvalue weighted by Crippen LogP contribution is -2.21. The van der Waals surface area contributed by atoms with Gasteiger partial charge in [0.2, 0.25) is 7.42 Å². The molecule has 0 amide bonds. The Morgan fingerprint density at radius 3 is 2.33 bits per heavy atom. The van der Waals surface area contributed by atoms with Crippen LogP contribution in [0.15, 0.2) is 24.3 Å². The van der Waals surface area contributed by atoms with Crippen molar-refractivity contribution in [1.82, 2.24) is 0 Å². The van der Waals surface area contributed by atoms with Crippen LogP contribution in [0.3, 0.4) is 0 Å². The van der Waals surface area contributed by atoms with Crippen LogP contribution < -0.4 is 0 Å². The van der Waals surface area contributed by atoms with Gasteiger partial charge in [0, 0.05) is 6.61 Å². The summed E-state index contributed by atoms with van der Waals surface area (Å²) >= 11 is 11.7. The molecule has 0 spiro atoms. The second-order valence-corrected chi connectivity index (χ2v) is 11.2. The Morgan fingerprint density at radius 1 is 1.10 bits per heavy atom. The Hall–Kier alpha value is -0.0231. The number of benzene rings is 1. The van der Waals surface area contributed by atoms with Crippen molar-refractivity contribution in [2.75, 3.05) is 6.61 Å². The smallest absolute Gasteiger partial charge is 0.237 e. The highest BCUT2D eigenvalue weighted by atomic mass is 35.7. The van der Waals surface area contributed by atoms with Crippen molar-refractivity contribution in [3.05, 3.63) is 35.4 Å². The van der Waals surface area contributed by atoms with Crippen LogP contribution in [0.2, 0.25) is 6.04 Å². The van der Waals surface area contributed by atoms with Gasteiger partial charge in [-0.3, -0.25) is 0 Å². The molecule has 0 saturated heterocycles. The van der Waals surface area contributed by atoms with Crippen LogP contribution in [-0.4, -0.2) is 20.1 Å². The SMILES string of the molecule is CCc1ccc([C@H]2CC[C@H](OCCC[SiH](Cl)Cl)CC2)cc1. The molecule has 21 heavy (non-hydrogen) atoms. The van der Waals surface area contributed by atoms with Gasteiger partial charge in [0.15, 0.2) is 0 Å². The largest absolute Gasteiger partial charge is 0.378 e. The highest BCUT2D eigenvalue weighted by Gasteiger charge is 2.22. The number of hydrogen-bond donors (Lipinski definition) is 0. The van der Waals surface area contributed by atoms with E-state index >= 15 is 0 Å². The van der Waals surface area contributed by atoms with E-state index in [0.717, 1.165) is 31.4 Å². The maximum atomic E-state index is 5.96. The van der Waals surface area contributed by atoms with Crippen LogP contribution in [0.4, 0.5) is 0 Å². The van der Waals surface area contributed by atoms with Gasteiger partial charge in [-0.15, -0.1) is 0 Å². The van der Waals surface area contributed by atoms with Gasteiger partial charge in [0.05, 0.1) is 6.10 Å². The first-order valence-electron chi connectivity index (χ1n) is 8.17. The molecule has 0 aromatic heterocycles. The zero-order valence-electron chi connectivity index (χ0n) is 12.9. The van der Waals surface area contributed by atoms with Crippen molar-refractivity contribution in [1.29, 1.82) is 0 Å². The van der Waals surface area contributed by atoms with E-state index in [0.29, 0.717) is 6.10 Å². The summed E-state index contributed by atoms with van der Waals surface area (Å²) in [5, 5.41) is 0. The van der Waals surface area contributed by atoms with E-state index in [1.165, 1.54) is 36.8 Å². The fraction of sp³-hybridized carbons (Fsp3) is 0.647. The van der Waals surface area contributed by atoms with Crippen LogP contribution in [-0.2, 0) is 11.2 Å². The first-order chi connectivity index (χ1) is 10.2. The number of rotatable bonds is 7. The van der Waals surface area contributed by atoms with E-state index in [1.54, 1.807) is 0 Å². The first-order valence-corrected chi connectivity index (χ1v) is 12.5. The molecule has 0 radical (unpaired) electrons. The molecule has 1 fully saturated rings. The van der Waals surface area contributed by atoms with E-state index in [2.05, 4.69) is 31.2 Å². The molecule has 0 unspecified atom stereocenters. The Morgan fingerprint density at radius 2 is 1.76 bits per heavy atom. The normalized spacial score (nSPS) is 22.7. The molecular formula is C17H26Cl2OSi. The summed E-state index contributed by atoms with van der Waals surface area (Å²) in [5.41, 5.74) is 2.93. The second kappa shape index (κ2) is 9.19. The predicted molar refractivity (Wildman–Crippen MR) is 95.0 cm³/mol. The molecule has 4 heteroatoms. The Kier molecular flexibility index (Phi) is 7.59. The average molecular weight is 345 g/mol. The van der Waals surface area contributed by atoms with E-state index < -0.39 is 7.42 Å². The van der Waals surface area contributed by atoms with Gasteiger partial charge >= 0.3 is 0 Å². The van der Waals surface area contributed by atoms with Crippen molar-refractivity contribution in [3.8, 4) is 0 Å². The van der Waals surface area contributed by atoms with Gasteiger partial charge in [0.25, 0.3) is 0 Å². The molecule has 1 saturated carbocycles. The highest BCUT2D eigenvalue weighted by Crippen LogP contribution is 2.34. The van der Waals surface area contributed by atoms with Gasteiger partial charge in [-0.1, -0.05) is 31.2 Å². The van der Waals surface area contributed by atoms with Crippen molar-refractivity contribution < 1.29 is 4.74 Å². The maximum absolute atomic E-state index is 5.96. The second-order valence-electron chi connectivity index (χ2n) is 5.97. The number of aryl methyl sites for hydroxylation is 1. The van der Waals surface area contributed by atoms with E-state index in [4.69, 9.17) is 26.9 Å². The molecule has 2 rings (SSSR count). The molecule has 0 aliphatic heterocycles. The fourth-order valence-corrected chi connectivity index (χ4v) is 4.48. The number of ether oxygens (including phenoxy) is 1. The molecule has 0 N–H and O–H groups in total. The third-order valence-electron chi connectivity index (χ3n) is 4.45. The molecular weight excluding hydrogens is 319 g/mol. The van der Waals surface area contributed by atoms with E-state index in [1.807, 2.05) is 0 Å². The lowest BCUT2D eigenvalue weighted by atomic mass is 9.82. The lowest BCUT2D eigenvalue weighted by Gasteiger charge is -2.29. The molecule has 1 nitrogen and oxygen atoms in total. The van der Waals surface area contributed by atoms with Crippen LogP contribution in [0.1, 0.15) is 56.1 Å². The quantitative estimate of drug-likeness (QED) is 0.366. The van der Waals surface area contributed by atoms with E-state index in [-0.39, 0.29) is 0 Å². The third kappa shape index (κ3) is 5.94. The highest BCUT2D eigenvalue weighted by molar-refractivity contribution is 7.33. The number of hydrogen-bond acceptors (Lipinski definition) is 1. The van der Waals surface area contributed by atoms with E-state index in [9.17, 15) is 0 Å². The summed E-state index contributed by atoms with van der Waals surface area (Å²) in [5.74, 6) is 0.721. The zero-order chi connectivity index (χ0) is 15.1. The summed E-state index contributed by atoms with van der Waals surface area (Å²) in [6, 6.07) is 10.1. The topological polar surface area (TPSA) is 9.23 Å². The monoisotopic (exact) mass is 344 g/mol. The molecule has 1 aliphatic carbocycles. The first kappa shape index (κ1) is 17.3. The Labute approximate surface area is 140 Å². The summed E-state index contributed by atoms with van der Waals surface area (Å²) in [4.78, 5) is 0. The van der Waals surface area contributed by atoms with Gasteiger partial charge in [0.1, 0.15) is 0 Å². The Balaban J connectivity index is 1.70. The Bertz CT molecular complexity index is 400. The van der Waals surface area contributed by atoms with Crippen molar-refractivity contribution in [2.45, 2.75) is 63.5 Å². The summed E-state index contributed by atoms with van der Waals surface area (Å²) in [6.45, 7) is 3.03. The van der Waals surface area contributed by atoms with Crippen LogP contribution >= 0.6 is 22.2 Å². The molecule has 118 valence electrons. The van der Waals surface area contributed by atoms with Crippen LogP contribution in [0.5, 0.6) is 0 Å². The number of halogens is 2. The minimum absolute atomic E-state index is 0.446. The lowest BCUT2D eigenvalue weighted by molar-refractivity contribution is 0.0251. The molecule has 0 atom stereocenters. The van der Waals surface area contributed by atoms with Crippen molar-refractivity contribution in [2.24, 2.45) is 0 Å². The fourth-order valence-electron chi connectivity index (χ4n) is 3.08. The molecule has 1 aromatic carbocycles. The molecule has 0 heterocycles. The summed E-state index contributed by atoms with van der Waals surface area (Å²) in [6.07, 6.45) is 7.45. The summed E-state index contributed by atoms with van der Waals surface area (Å²) < 4.78 is 5.96. The zero-order valence-corrected chi connectivity index (χ0v) is 15.5. The molecule has 1 aliphatic rings. The van der Waals surface area contributed by atoms with Gasteiger partial charge in [-0.25, -0.2) is 0 Å². The van der Waals surface area contributed by atoms with Gasteiger partial charge < -0.3 is 4.74 Å². The van der Waals surface area contributed by atoms with Crippen LogP contribution in [0.25, 0.3) is 0 Å².